The van der Waals surface area contributed by atoms with Crippen molar-refractivity contribution in [2.24, 2.45) is 5.92 Å². The van der Waals surface area contributed by atoms with E-state index in [1.54, 1.807) is 4.90 Å². The molecule has 5 heteroatoms. The van der Waals surface area contributed by atoms with Crippen molar-refractivity contribution >= 4 is 11.9 Å². The zero-order valence-electron chi connectivity index (χ0n) is 13.1. The summed E-state index contributed by atoms with van der Waals surface area (Å²) in [5.74, 6) is -1.28. The van der Waals surface area contributed by atoms with E-state index in [1.165, 1.54) is 12.8 Å². The number of hydrogen-bond donors (Lipinski definition) is 1. The number of ether oxygens (including phenoxy) is 1. The quantitative estimate of drug-likeness (QED) is 0.846. The lowest BCUT2D eigenvalue weighted by atomic mass is 9.90. The maximum Gasteiger partial charge on any atom is 0.308 e. The molecule has 1 N–H and O–H groups in total. The van der Waals surface area contributed by atoms with Gasteiger partial charge in [-0.2, -0.15) is 0 Å². The monoisotopic (exact) mass is 297 g/mol. The summed E-state index contributed by atoms with van der Waals surface area (Å²) in [5, 5.41) is 9.26. The van der Waals surface area contributed by atoms with Crippen molar-refractivity contribution in [2.45, 2.75) is 77.0 Å². The number of carboxylic acids is 1. The van der Waals surface area contributed by atoms with Crippen LogP contribution in [0.1, 0.15) is 58.8 Å². The molecular formula is C16H27NO4. The van der Waals surface area contributed by atoms with Crippen LogP contribution in [-0.2, 0) is 14.3 Å². The third kappa shape index (κ3) is 3.76. The van der Waals surface area contributed by atoms with Crippen LogP contribution < -0.4 is 0 Å². The van der Waals surface area contributed by atoms with Crippen molar-refractivity contribution in [3.05, 3.63) is 0 Å². The topological polar surface area (TPSA) is 66.8 Å². The summed E-state index contributed by atoms with van der Waals surface area (Å²) in [6.45, 7) is 4.45. The molecule has 21 heavy (non-hydrogen) atoms. The summed E-state index contributed by atoms with van der Waals surface area (Å²) in [5.41, 5.74) is 0. The van der Waals surface area contributed by atoms with Crippen molar-refractivity contribution in [2.75, 3.05) is 6.54 Å². The Kier molecular flexibility index (Phi) is 5.62. The van der Waals surface area contributed by atoms with E-state index in [9.17, 15) is 14.7 Å². The van der Waals surface area contributed by atoms with E-state index < -0.39 is 18.0 Å². The number of carbonyl (C=O) groups excluding carboxylic acids is 1. The average molecular weight is 297 g/mol. The number of likely N-dealkylation sites (tertiary alicyclic amines) is 1. The molecule has 1 aliphatic carbocycles. The molecule has 1 unspecified atom stereocenters. The van der Waals surface area contributed by atoms with E-state index in [0.717, 1.165) is 19.3 Å². The van der Waals surface area contributed by atoms with Crippen LogP contribution in [0.3, 0.4) is 0 Å². The smallest absolute Gasteiger partial charge is 0.308 e. The first-order valence-corrected chi connectivity index (χ1v) is 8.23. The Bertz CT molecular complexity index is 378. The highest BCUT2D eigenvalue weighted by molar-refractivity contribution is 5.82. The third-order valence-electron chi connectivity index (χ3n) is 4.89. The fourth-order valence-corrected chi connectivity index (χ4v) is 3.56. The number of rotatable bonds is 5. The van der Waals surface area contributed by atoms with Gasteiger partial charge >= 0.3 is 5.97 Å². The van der Waals surface area contributed by atoms with Crippen molar-refractivity contribution in [3.8, 4) is 0 Å². The van der Waals surface area contributed by atoms with Crippen molar-refractivity contribution < 1.29 is 19.4 Å². The highest BCUT2D eigenvalue weighted by Crippen LogP contribution is 2.27. The van der Waals surface area contributed by atoms with Crippen LogP contribution in [0.25, 0.3) is 0 Å². The van der Waals surface area contributed by atoms with Gasteiger partial charge in [-0.15, -0.1) is 0 Å². The maximum atomic E-state index is 12.7. The minimum absolute atomic E-state index is 0.0251. The molecule has 0 bridgehead atoms. The van der Waals surface area contributed by atoms with Crippen LogP contribution in [0.4, 0.5) is 0 Å². The summed E-state index contributed by atoms with van der Waals surface area (Å²) in [7, 11) is 0. The second-order valence-corrected chi connectivity index (χ2v) is 6.30. The Balaban J connectivity index is 2.00. The molecule has 0 radical (unpaired) electrons. The van der Waals surface area contributed by atoms with Crippen LogP contribution in [0.15, 0.2) is 0 Å². The molecule has 1 aliphatic heterocycles. The molecule has 3 atom stereocenters. The Morgan fingerprint density at radius 1 is 1.24 bits per heavy atom. The van der Waals surface area contributed by atoms with Gasteiger partial charge in [0.15, 0.2) is 0 Å². The Morgan fingerprint density at radius 3 is 2.48 bits per heavy atom. The number of carbonyl (C=O) groups is 2. The zero-order valence-corrected chi connectivity index (χ0v) is 13.1. The minimum atomic E-state index is -0.801. The van der Waals surface area contributed by atoms with Gasteiger partial charge in [-0.05, 0) is 39.0 Å². The summed E-state index contributed by atoms with van der Waals surface area (Å²) in [4.78, 5) is 25.7. The predicted molar refractivity (Wildman–Crippen MR) is 79.0 cm³/mol. The van der Waals surface area contributed by atoms with Crippen LogP contribution in [0.2, 0.25) is 0 Å². The van der Waals surface area contributed by atoms with E-state index >= 15 is 0 Å². The van der Waals surface area contributed by atoms with Gasteiger partial charge in [0.25, 0.3) is 5.91 Å². The molecule has 2 fully saturated rings. The minimum Gasteiger partial charge on any atom is -0.481 e. The Hall–Kier alpha value is -1.10. The van der Waals surface area contributed by atoms with Crippen molar-refractivity contribution in [1.29, 1.82) is 0 Å². The summed E-state index contributed by atoms with van der Waals surface area (Å²) >= 11 is 0. The Morgan fingerprint density at radius 2 is 1.90 bits per heavy atom. The van der Waals surface area contributed by atoms with Gasteiger partial charge in [-0.3, -0.25) is 9.59 Å². The van der Waals surface area contributed by atoms with Gasteiger partial charge in [0.1, 0.15) is 6.10 Å². The van der Waals surface area contributed by atoms with Gasteiger partial charge < -0.3 is 14.7 Å². The molecular weight excluding hydrogens is 270 g/mol. The molecule has 1 amide bonds. The van der Waals surface area contributed by atoms with E-state index in [1.807, 2.05) is 13.8 Å². The molecule has 0 aromatic carbocycles. The fraction of sp³-hybridized carbons (Fsp3) is 0.875. The second kappa shape index (κ2) is 7.25. The maximum absolute atomic E-state index is 12.7. The first-order chi connectivity index (χ1) is 10.0. The number of carboxylic acid groups (broad SMARTS) is 1. The molecule has 120 valence electrons. The molecule has 1 saturated carbocycles. The molecule has 1 heterocycles. The largest absolute Gasteiger partial charge is 0.481 e. The lowest BCUT2D eigenvalue weighted by molar-refractivity contribution is -0.157. The van der Waals surface area contributed by atoms with E-state index in [0.29, 0.717) is 19.4 Å². The normalized spacial score (nSPS) is 28.6. The predicted octanol–water partition coefficient (Wildman–Crippen LogP) is 2.44. The highest BCUT2D eigenvalue weighted by Gasteiger charge is 2.38. The van der Waals surface area contributed by atoms with Crippen molar-refractivity contribution in [1.82, 2.24) is 4.90 Å². The SMILES string of the molecule is CCC(OC1CCCC1)C(=O)N1CCC[C@H](C(=O)O)[C@@H]1C. The average Bonchev–Trinajstić information content (AvgIpc) is 2.97. The lowest BCUT2D eigenvalue weighted by Crippen LogP contribution is -2.53. The Labute approximate surface area is 126 Å². The third-order valence-corrected chi connectivity index (χ3v) is 4.89. The van der Waals surface area contributed by atoms with Gasteiger partial charge in [-0.1, -0.05) is 19.8 Å². The van der Waals surface area contributed by atoms with Gasteiger partial charge in [0.2, 0.25) is 0 Å². The molecule has 2 rings (SSSR count). The second-order valence-electron chi connectivity index (χ2n) is 6.30. The van der Waals surface area contributed by atoms with Crippen LogP contribution in [0, 0.1) is 5.92 Å². The number of amides is 1. The molecule has 0 aromatic heterocycles. The molecule has 5 nitrogen and oxygen atoms in total. The standard InChI is InChI=1S/C16H27NO4/c1-3-14(21-12-7-4-5-8-12)15(18)17-10-6-9-13(11(17)2)16(19)20/h11-14H,3-10H2,1-2H3,(H,19,20)/t11-,13-,14?/m0/s1. The first kappa shape index (κ1) is 16.3. The summed E-state index contributed by atoms with van der Waals surface area (Å²) in [6, 6.07) is -0.245. The van der Waals surface area contributed by atoms with Crippen LogP contribution in [0.5, 0.6) is 0 Å². The van der Waals surface area contributed by atoms with Gasteiger partial charge in [0.05, 0.1) is 12.0 Å². The number of hydrogen-bond acceptors (Lipinski definition) is 3. The molecule has 0 aromatic rings. The summed E-state index contributed by atoms with van der Waals surface area (Å²) in [6.07, 6.45) is 6.28. The van der Waals surface area contributed by atoms with Crippen LogP contribution in [-0.4, -0.2) is 46.7 Å². The number of nitrogens with zero attached hydrogens (tertiary/aromatic N) is 1. The molecule has 2 aliphatic rings. The van der Waals surface area contributed by atoms with Crippen LogP contribution >= 0.6 is 0 Å². The van der Waals surface area contributed by atoms with E-state index in [2.05, 4.69) is 0 Å². The van der Waals surface area contributed by atoms with Gasteiger partial charge in [-0.25, -0.2) is 0 Å². The highest BCUT2D eigenvalue weighted by atomic mass is 16.5. The van der Waals surface area contributed by atoms with Gasteiger partial charge in [0, 0.05) is 12.6 Å². The van der Waals surface area contributed by atoms with Crippen molar-refractivity contribution in [3.63, 3.8) is 0 Å². The number of piperidine rings is 1. The molecule has 1 saturated heterocycles. The fourth-order valence-electron chi connectivity index (χ4n) is 3.56. The van der Waals surface area contributed by atoms with E-state index in [4.69, 9.17) is 4.74 Å². The zero-order chi connectivity index (χ0) is 15.4. The summed E-state index contributed by atoms with van der Waals surface area (Å²) < 4.78 is 5.98. The van der Waals surface area contributed by atoms with E-state index in [-0.39, 0.29) is 18.1 Å². The first-order valence-electron chi connectivity index (χ1n) is 8.23. The lowest BCUT2D eigenvalue weighted by Gasteiger charge is -2.39. The molecule has 0 spiro atoms. The number of aliphatic carboxylic acids is 1.